The molecule has 2 aliphatic heterocycles. The average Bonchev–Trinajstić information content (AvgIpc) is 3.57. The van der Waals surface area contributed by atoms with Gasteiger partial charge in [-0.3, -0.25) is 14.3 Å². The lowest BCUT2D eigenvalue weighted by molar-refractivity contribution is -0.117. The number of Topliss-reactive ketones (excluding diaryl/α,β-unsaturated/α-hetero) is 1. The Bertz CT molecular complexity index is 1730. The Morgan fingerprint density at radius 3 is 2.57 bits per heavy atom. The SMILES string of the molecule is CC(=O)CCc1ccc(-c2cc3c(n4cnnc24)N(C(=O)OC(C)(C)C)Cc2c(F)ccc4c2[C@H](CO4)CO3)c(C)n1. The number of aromatic nitrogens is 4. The summed E-state index contributed by atoms with van der Waals surface area (Å²) in [6, 6.07) is 8.63. The van der Waals surface area contributed by atoms with E-state index in [0.29, 0.717) is 59.1 Å². The Labute approximate surface area is 242 Å². The largest absolute Gasteiger partial charge is 0.493 e. The van der Waals surface area contributed by atoms with Crippen LogP contribution in [0.3, 0.4) is 0 Å². The molecule has 0 aliphatic carbocycles. The van der Waals surface area contributed by atoms with Crippen molar-refractivity contribution in [1.82, 2.24) is 19.6 Å². The number of anilines is 1. The number of hydrogen-bond acceptors (Lipinski definition) is 8. The van der Waals surface area contributed by atoms with Crippen molar-refractivity contribution < 1.29 is 28.2 Å². The number of ketones is 1. The molecule has 0 fully saturated rings. The van der Waals surface area contributed by atoms with E-state index < -0.39 is 17.5 Å². The molecule has 11 heteroatoms. The van der Waals surface area contributed by atoms with E-state index in [2.05, 4.69) is 10.2 Å². The number of nitrogens with zero attached hydrogens (tertiary/aromatic N) is 5. The number of carbonyl (C=O) groups is 2. The molecule has 218 valence electrons. The molecule has 0 bridgehead atoms. The van der Waals surface area contributed by atoms with Crippen molar-refractivity contribution in [2.24, 2.45) is 0 Å². The van der Waals surface area contributed by atoms with Crippen molar-refractivity contribution in [3.05, 3.63) is 65.0 Å². The lowest BCUT2D eigenvalue weighted by Gasteiger charge is -2.29. The Morgan fingerprint density at radius 2 is 1.86 bits per heavy atom. The highest BCUT2D eigenvalue weighted by molar-refractivity contribution is 5.92. The lowest BCUT2D eigenvalue weighted by atomic mass is 9.95. The molecule has 1 aromatic carbocycles. The number of rotatable bonds is 4. The summed E-state index contributed by atoms with van der Waals surface area (Å²) in [5.41, 5.74) is 3.76. The van der Waals surface area contributed by atoms with Crippen molar-refractivity contribution in [2.75, 3.05) is 18.1 Å². The number of hydrogen-bond donors (Lipinski definition) is 0. The summed E-state index contributed by atoms with van der Waals surface area (Å²) >= 11 is 0. The van der Waals surface area contributed by atoms with Crippen molar-refractivity contribution in [2.45, 2.75) is 65.5 Å². The topological polar surface area (TPSA) is 108 Å². The molecule has 1 amide bonds. The third-order valence-corrected chi connectivity index (χ3v) is 7.41. The van der Waals surface area contributed by atoms with Crippen LogP contribution in [0.1, 0.15) is 62.5 Å². The van der Waals surface area contributed by atoms with Crippen LogP contribution in [0.15, 0.2) is 36.7 Å². The normalized spacial score (nSPS) is 16.0. The van der Waals surface area contributed by atoms with Crippen LogP contribution in [0.25, 0.3) is 16.8 Å². The molecule has 0 N–H and O–H groups in total. The third kappa shape index (κ3) is 5.03. The highest BCUT2D eigenvalue weighted by atomic mass is 19.1. The van der Waals surface area contributed by atoms with E-state index in [1.165, 1.54) is 17.3 Å². The predicted molar refractivity (Wildman–Crippen MR) is 153 cm³/mol. The van der Waals surface area contributed by atoms with E-state index in [1.807, 2.05) is 25.1 Å². The zero-order valence-corrected chi connectivity index (χ0v) is 24.2. The fraction of sp³-hybridized carbons (Fsp3) is 0.387. The minimum Gasteiger partial charge on any atom is -0.493 e. The van der Waals surface area contributed by atoms with E-state index in [1.54, 1.807) is 38.2 Å². The van der Waals surface area contributed by atoms with Crippen LogP contribution in [0, 0.1) is 12.7 Å². The van der Waals surface area contributed by atoms with Crippen molar-refractivity contribution >= 4 is 23.3 Å². The molecule has 6 rings (SSSR count). The zero-order valence-electron chi connectivity index (χ0n) is 24.2. The molecule has 2 aliphatic rings. The van der Waals surface area contributed by atoms with Gasteiger partial charge in [-0.05, 0) is 65.3 Å². The second kappa shape index (κ2) is 10.4. The minimum atomic E-state index is -0.807. The summed E-state index contributed by atoms with van der Waals surface area (Å²) in [5.74, 6) is 0.719. The Kier molecular flexibility index (Phi) is 6.83. The monoisotopic (exact) mass is 573 g/mol. The average molecular weight is 574 g/mol. The van der Waals surface area contributed by atoms with Crippen LogP contribution in [-0.2, 0) is 22.5 Å². The van der Waals surface area contributed by atoms with Crippen molar-refractivity contribution in [1.29, 1.82) is 0 Å². The van der Waals surface area contributed by atoms with Gasteiger partial charge >= 0.3 is 6.09 Å². The third-order valence-electron chi connectivity index (χ3n) is 7.41. The number of amides is 1. The molecule has 0 saturated carbocycles. The summed E-state index contributed by atoms with van der Waals surface area (Å²) < 4.78 is 35.2. The number of carbonyl (C=O) groups excluding carboxylic acids is 2. The standard InChI is InChI=1S/C31H32FN5O5/c1-17(38)6-7-20-8-9-21(18(2)34-20)22-12-26-29(37-16-33-35-28(22)37)36(30(39)42-31(3,4)5)13-23-24(32)10-11-25-27(23)19(14-40-25)15-41-26/h8-12,16,19H,6-7,13-15H2,1-5H3/t19-/m1/s1. The van der Waals surface area contributed by atoms with Crippen molar-refractivity contribution in [3.8, 4) is 22.6 Å². The summed E-state index contributed by atoms with van der Waals surface area (Å²) in [4.78, 5) is 31.4. The van der Waals surface area contributed by atoms with Crippen LogP contribution in [0.2, 0.25) is 0 Å². The van der Waals surface area contributed by atoms with E-state index in [4.69, 9.17) is 19.2 Å². The number of ether oxygens (including phenoxy) is 3. The number of aryl methyl sites for hydroxylation is 2. The van der Waals surface area contributed by atoms with E-state index >= 15 is 4.39 Å². The molecule has 0 spiro atoms. The molecule has 3 aromatic heterocycles. The first-order valence-electron chi connectivity index (χ1n) is 13.9. The maximum absolute atomic E-state index is 15.4. The molecule has 0 unspecified atom stereocenters. The van der Waals surface area contributed by atoms with E-state index in [9.17, 15) is 9.59 Å². The van der Waals surface area contributed by atoms with Gasteiger partial charge in [-0.25, -0.2) is 9.18 Å². The second-order valence-electron chi connectivity index (χ2n) is 11.7. The predicted octanol–water partition coefficient (Wildman–Crippen LogP) is 5.57. The molecule has 1 atom stereocenters. The highest BCUT2D eigenvalue weighted by Gasteiger charge is 2.37. The fourth-order valence-electron chi connectivity index (χ4n) is 5.51. The van der Waals surface area contributed by atoms with Gasteiger partial charge < -0.3 is 19.0 Å². The fourth-order valence-corrected chi connectivity index (χ4v) is 5.51. The van der Waals surface area contributed by atoms with Crippen molar-refractivity contribution in [3.63, 3.8) is 0 Å². The van der Waals surface area contributed by atoms with Gasteiger partial charge in [0.25, 0.3) is 0 Å². The lowest BCUT2D eigenvalue weighted by Crippen LogP contribution is -2.38. The highest BCUT2D eigenvalue weighted by Crippen LogP contribution is 2.44. The number of pyridine rings is 2. The smallest absolute Gasteiger partial charge is 0.416 e. The Balaban J connectivity index is 1.53. The molecule has 42 heavy (non-hydrogen) atoms. The summed E-state index contributed by atoms with van der Waals surface area (Å²) in [6.07, 6.45) is 1.80. The first kappa shape index (κ1) is 27.6. The molecule has 5 heterocycles. The van der Waals surface area contributed by atoms with Gasteiger partial charge in [-0.2, -0.15) is 0 Å². The number of halogens is 1. The van der Waals surface area contributed by atoms with E-state index in [-0.39, 0.29) is 24.9 Å². The summed E-state index contributed by atoms with van der Waals surface area (Å²) in [6.45, 7) is 9.20. The van der Waals surface area contributed by atoms with Gasteiger partial charge in [0.15, 0.2) is 17.2 Å². The van der Waals surface area contributed by atoms with Crippen LogP contribution < -0.4 is 14.4 Å². The second-order valence-corrected chi connectivity index (χ2v) is 11.7. The quantitative estimate of drug-likeness (QED) is 0.312. The minimum absolute atomic E-state index is 0.106. The summed E-state index contributed by atoms with van der Waals surface area (Å²) in [5, 5.41) is 8.55. The Morgan fingerprint density at radius 1 is 1.10 bits per heavy atom. The molecular weight excluding hydrogens is 541 g/mol. The molecule has 10 nitrogen and oxygen atoms in total. The summed E-state index contributed by atoms with van der Waals surface area (Å²) in [7, 11) is 0. The maximum atomic E-state index is 15.4. The molecular formula is C31H32FN5O5. The van der Waals surface area contributed by atoms with Gasteiger partial charge in [0.1, 0.15) is 29.3 Å². The number of benzene rings is 1. The maximum Gasteiger partial charge on any atom is 0.416 e. The molecule has 0 saturated heterocycles. The van der Waals surface area contributed by atoms with Crippen LogP contribution in [-0.4, -0.2) is 50.3 Å². The first-order chi connectivity index (χ1) is 20.0. The van der Waals surface area contributed by atoms with Crippen LogP contribution in [0.5, 0.6) is 11.5 Å². The molecule has 4 aromatic rings. The number of fused-ring (bicyclic) bond motifs is 3. The Hall–Kier alpha value is -4.54. The van der Waals surface area contributed by atoms with Gasteiger partial charge in [-0.15, -0.1) is 10.2 Å². The van der Waals surface area contributed by atoms with Crippen LogP contribution in [0.4, 0.5) is 15.0 Å². The zero-order chi connectivity index (χ0) is 29.8. The van der Waals surface area contributed by atoms with Gasteiger partial charge in [-0.1, -0.05) is 6.07 Å². The first-order valence-corrected chi connectivity index (χ1v) is 13.9. The van der Waals surface area contributed by atoms with E-state index in [0.717, 1.165) is 17.0 Å². The van der Waals surface area contributed by atoms with Gasteiger partial charge in [0.05, 0.1) is 25.7 Å². The molecule has 0 radical (unpaired) electrons. The van der Waals surface area contributed by atoms with Gasteiger partial charge in [0.2, 0.25) is 0 Å². The van der Waals surface area contributed by atoms with Gasteiger partial charge in [0, 0.05) is 40.1 Å². The van der Waals surface area contributed by atoms with Crippen LogP contribution >= 0.6 is 0 Å².